The van der Waals surface area contributed by atoms with Crippen molar-refractivity contribution in [1.82, 2.24) is 4.72 Å². The van der Waals surface area contributed by atoms with E-state index in [-0.39, 0.29) is 10.8 Å². The van der Waals surface area contributed by atoms with E-state index in [2.05, 4.69) is 0 Å². The van der Waals surface area contributed by atoms with Crippen LogP contribution in [0.2, 0.25) is 5.02 Å². The zero-order valence-electron chi connectivity index (χ0n) is 12.5. The van der Waals surface area contributed by atoms with Crippen LogP contribution in [0.1, 0.15) is 23.2 Å². The van der Waals surface area contributed by atoms with Crippen LogP contribution < -0.4 is 9.46 Å². The molecule has 0 aromatic heterocycles. The van der Waals surface area contributed by atoms with Crippen LogP contribution in [0.5, 0.6) is 5.75 Å². The molecule has 128 valence electrons. The van der Waals surface area contributed by atoms with Crippen LogP contribution in [0.25, 0.3) is 0 Å². The third kappa shape index (κ3) is 5.33. The van der Waals surface area contributed by atoms with Crippen molar-refractivity contribution >= 4 is 27.5 Å². The zero-order chi connectivity index (χ0) is 17.0. The summed E-state index contributed by atoms with van der Waals surface area (Å²) in [6, 6.07) is 2.04. The fourth-order valence-electron chi connectivity index (χ4n) is 2.16. The second-order valence-electron chi connectivity index (χ2n) is 5.33. The number of halogens is 2. The van der Waals surface area contributed by atoms with E-state index in [1.54, 1.807) is 4.72 Å². The Morgan fingerprint density at radius 1 is 1.43 bits per heavy atom. The predicted molar refractivity (Wildman–Crippen MR) is 82.8 cm³/mol. The molecule has 0 bridgehead atoms. The highest BCUT2D eigenvalue weighted by Crippen LogP contribution is 2.29. The van der Waals surface area contributed by atoms with Gasteiger partial charge in [0.1, 0.15) is 11.6 Å². The molecule has 23 heavy (non-hydrogen) atoms. The van der Waals surface area contributed by atoms with E-state index in [4.69, 9.17) is 21.1 Å². The molecule has 1 heterocycles. The maximum Gasteiger partial charge on any atom is 0.267 e. The highest BCUT2D eigenvalue weighted by atomic mass is 35.5. The van der Waals surface area contributed by atoms with Gasteiger partial charge >= 0.3 is 0 Å². The Balaban J connectivity index is 2.08. The standard InChI is InChI=1S/C14H17ClFNO5S/c1-23(19,20)17-14(18)10-6-11(15)13(7-12(10)16)22-8-9-2-4-21-5-3-9/h6-7,9H,2-5,8H2,1H3,(H,17,18). The Morgan fingerprint density at radius 3 is 2.70 bits per heavy atom. The monoisotopic (exact) mass is 365 g/mol. The number of rotatable bonds is 5. The third-order valence-electron chi connectivity index (χ3n) is 3.36. The van der Waals surface area contributed by atoms with Gasteiger partial charge in [0, 0.05) is 19.3 Å². The molecule has 0 spiro atoms. The molecule has 2 rings (SSSR count). The highest BCUT2D eigenvalue weighted by Gasteiger charge is 2.20. The van der Waals surface area contributed by atoms with Gasteiger partial charge < -0.3 is 9.47 Å². The predicted octanol–water partition coefficient (Wildman–Crippen LogP) is 1.97. The topological polar surface area (TPSA) is 81.7 Å². The normalized spacial score (nSPS) is 16.1. The summed E-state index contributed by atoms with van der Waals surface area (Å²) >= 11 is 5.99. The van der Waals surface area contributed by atoms with Crippen molar-refractivity contribution < 1.29 is 27.1 Å². The first-order chi connectivity index (χ1) is 10.8. The Kier molecular flexibility index (Phi) is 5.83. The number of carbonyl (C=O) groups is 1. The molecule has 1 aromatic carbocycles. The molecule has 1 aromatic rings. The first-order valence-electron chi connectivity index (χ1n) is 6.98. The van der Waals surface area contributed by atoms with Gasteiger partial charge in [-0.2, -0.15) is 0 Å². The number of hydrogen-bond donors (Lipinski definition) is 1. The SMILES string of the molecule is CS(=O)(=O)NC(=O)c1cc(Cl)c(OCC2CCOCC2)cc1F. The number of carbonyl (C=O) groups excluding carboxylic acids is 1. The molecule has 0 saturated carbocycles. The van der Waals surface area contributed by atoms with E-state index in [0.717, 1.165) is 31.2 Å². The minimum Gasteiger partial charge on any atom is -0.492 e. The second kappa shape index (κ2) is 7.46. The van der Waals surface area contributed by atoms with E-state index < -0.39 is 27.3 Å². The summed E-state index contributed by atoms with van der Waals surface area (Å²) in [4.78, 5) is 11.7. The molecule has 1 N–H and O–H groups in total. The summed E-state index contributed by atoms with van der Waals surface area (Å²) in [6.45, 7) is 1.71. The fourth-order valence-corrected chi connectivity index (χ4v) is 2.82. The van der Waals surface area contributed by atoms with Gasteiger partial charge in [0.05, 0.1) is 23.4 Å². The van der Waals surface area contributed by atoms with E-state index in [1.807, 2.05) is 0 Å². The van der Waals surface area contributed by atoms with Crippen molar-refractivity contribution in [3.63, 3.8) is 0 Å². The summed E-state index contributed by atoms with van der Waals surface area (Å²) in [5.74, 6) is -1.57. The first-order valence-corrected chi connectivity index (χ1v) is 9.25. The summed E-state index contributed by atoms with van der Waals surface area (Å²) in [5.41, 5.74) is -0.459. The van der Waals surface area contributed by atoms with Gasteiger partial charge in [0.2, 0.25) is 10.0 Å². The lowest BCUT2D eigenvalue weighted by molar-refractivity contribution is 0.0497. The smallest absolute Gasteiger partial charge is 0.267 e. The molecule has 0 aliphatic carbocycles. The van der Waals surface area contributed by atoms with E-state index >= 15 is 0 Å². The summed E-state index contributed by atoms with van der Waals surface area (Å²) in [6.07, 6.45) is 2.51. The van der Waals surface area contributed by atoms with Crippen LogP contribution in [0.3, 0.4) is 0 Å². The van der Waals surface area contributed by atoms with Gasteiger partial charge in [-0.25, -0.2) is 17.5 Å². The second-order valence-corrected chi connectivity index (χ2v) is 7.49. The number of hydrogen-bond acceptors (Lipinski definition) is 5. The lowest BCUT2D eigenvalue weighted by atomic mass is 10.0. The fraction of sp³-hybridized carbons (Fsp3) is 0.500. The lowest BCUT2D eigenvalue weighted by Crippen LogP contribution is -2.30. The first kappa shape index (κ1) is 18.0. The molecule has 1 amide bonds. The Morgan fingerprint density at radius 2 is 2.09 bits per heavy atom. The Bertz CT molecular complexity index is 689. The van der Waals surface area contributed by atoms with Crippen molar-refractivity contribution in [3.8, 4) is 5.75 Å². The van der Waals surface area contributed by atoms with E-state index in [1.165, 1.54) is 0 Å². The van der Waals surface area contributed by atoms with Gasteiger partial charge in [-0.3, -0.25) is 4.79 Å². The molecule has 9 heteroatoms. The van der Waals surface area contributed by atoms with Crippen molar-refractivity contribution in [2.24, 2.45) is 5.92 Å². The molecule has 6 nitrogen and oxygen atoms in total. The quantitative estimate of drug-likeness (QED) is 0.862. The van der Waals surface area contributed by atoms with Gasteiger partial charge in [-0.05, 0) is 24.8 Å². The van der Waals surface area contributed by atoms with Gasteiger partial charge in [0.15, 0.2) is 0 Å². The molecule has 1 fully saturated rings. The number of benzene rings is 1. The Hall–Kier alpha value is -1.38. The third-order valence-corrected chi connectivity index (χ3v) is 4.21. The lowest BCUT2D eigenvalue weighted by Gasteiger charge is -2.22. The van der Waals surface area contributed by atoms with Gasteiger partial charge in [-0.15, -0.1) is 0 Å². The number of sulfonamides is 1. The molecule has 0 radical (unpaired) electrons. The van der Waals surface area contributed by atoms with Crippen molar-refractivity contribution in [2.45, 2.75) is 12.8 Å². The van der Waals surface area contributed by atoms with Crippen LogP contribution in [0.15, 0.2) is 12.1 Å². The van der Waals surface area contributed by atoms with Gasteiger partial charge in [0.25, 0.3) is 5.91 Å². The van der Waals surface area contributed by atoms with Crippen LogP contribution in [0.4, 0.5) is 4.39 Å². The molecule has 0 unspecified atom stereocenters. The summed E-state index contributed by atoms with van der Waals surface area (Å²) in [7, 11) is -3.79. The number of nitrogens with one attached hydrogen (secondary N) is 1. The molecule has 0 atom stereocenters. The average Bonchev–Trinajstić information content (AvgIpc) is 2.47. The molecule has 1 aliphatic rings. The zero-order valence-corrected chi connectivity index (χ0v) is 14.0. The van der Waals surface area contributed by atoms with Crippen LogP contribution in [0, 0.1) is 11.7 Å². The summed E-state index contributed by atoms with van der Waals surface area (Å²) in [5, 5.41) is 0.0390. The largest absolute Gasteiger partial charge is 0.492 e. The average molecular weight is 366 g/mol. The summed E-state index contributed by atoms with van der Waals surface area (Å²) < 4.78 is 48.5. The number of ether oxygens (including phenoxy) is 2. The minimum absolute atomic E-state index is 0.0390. The van der Waals surface area contributed by atoms with Crippen molar-refractivity contribution in [2.75, 3.05) is 26.1 Å². The van der Waals surface area contributed by atoms with Gasteiger partial charge in [-0.1, -0.05) is 11.6 Å². The van der Waals surface area contributed by atoms with E-state index in [0.29, 0.717) is 25.7 Å². The van der Waals surface area contributed by atoms with Crippen LogP contribution in [-0.2, 0) is 14.8 Å². The Labute approximate surface area is 139 Å². The van der Waals surface area contributed by atoms with Crippen molar-refractivity contribution in [3.05, 3.63) is 28.5 Å². The molecule has 1 saturated heterocycles. The minimum atomic E-state index is -3.79. The van der Waals surface area contributed by atoms with E-state index in [9.17, 15) is 17.6 Å². The molecular formula is C14H17ClFNO5S. The molecular weight excluding hydrogens is 349 g/mol. The maximum absolute atomic E-state index is 14.0. The van der Waals surface area contributed by atoms with Crippen molar-refractivity contribution in [1.29, 1.82) is 0 Å². The molecule has 1 aliphatic heterocycles. The number of amides is 1. The van der Waals surface area contributed by atoms with Crippen LogP contribution in [-0.4, -0.2) is 40.4 Å². The highest BCUT2D eigenvalue weighted by molar-refractivity contribution is 7.89. The maximum atomic E-state index is 14.0. The van der Waals surface area contributed by atoms with Crippen LogP contribution >= 0.6 is 11.6 Å².